The van der Waals surface area contributed by atoms with Crippen LogP contribution in [0.15, 0.2) is 70.5 Å². The molecule has 0 bridgehead atoms. The van der Waals surface area contributed by atoms with Crippen molar-refractivity contribution in [3.05, 3.63) is 60.7 Å². The fraction of sp³-hybridized carbons (Fsp3) is 0.188. The van der Waals surface area contributed by atoms with Crippen molar-refractivity contribution >= 4 is 26.0 Å². The molecular weight excluding hydrogens is 394 g/mol. The van der Waals surface area contributed by atoms with Crippen LogP contribution in [0.1, 0.15) is 6.42 Å². The monoisotopic (exact) mass is 413 g/mol. The predicted molar refractivity (Wildman–Crippen MR) is 96.5 cm³/mol. The van der Waals surface area contributed by atoms with Crippen LogP contribution >= 0.6 is 0 Å². The van der Waals surface area contributed by atoms with Crippen LogP contribution in [-0.4, -0.2) is 45.0 Å². The average Bonchev–Trinajstić information content (AvgIpc) is 2.66. The normalized spacial score (nSPS) is 13.4. The molecule has 2 aromatic carbocycles. The number of hydrogen-bond donors (Lipinski definition) is 3. The number of amides is 1. The standard InChI is InChI=1S/C16H19N3O6S2/c17-16(20)15(19(21)27(24,25)14-9-5-2-6-10-14)11-12-18-26(22,23)13-7-3-1-4-8-13/h1-10,15,18,21H,11-12H2,(H2,17,20)/t15-/m0/s1. The van der Waals surface area contributed by atoms with E-state index in [0.717, 1.165) is 0 Å². The van der Waals surface area contributed by atoms with E-state index >= 15 is 0 Å². The highest BCUT2D eigenvalue weighted by molar-refractivity contribution is 7.89. The minimum atomic E-state index is -4.39. The molecule has 2 rings (SSSR count). The molecule has 0 aliphatic carbocycles. The number of hydrogen-bond acceptors (Lipinski definition) is 6. The molecule has 0 aromatic heterocycles. The number of carbonyl (C=O) groups excluding carboxylic acids is 1. The summed E-state index contributed by atoms with van der Waals surface area (Å²) >= 11 is 0. The second kappa shape index (κ2) is 8.59. The van der Waals surface area contributed by atoms with Crippen LogP contribution < -0.4 is 10.5 Å². The van der Waals surface area contributed by atoms with E-state index in [1.54, 1.807) is 24.3 Å². The lowest BCUT2D eigenvalue weighted by Crippen LogP contribution is -2.47. The van der Waals surface area contributed by atoms with Crippen molar-refractivity contribution in [3.8, 4) is 0 Å². The van der Waals surface area contributed by atoms with Gasteiger partial charge in [0, 0.05) is 6.54 Å². The van der Waals surface area contributed by atoms with Crippen LogP contribution in [0.5, 0.6) is 0 Å². The Balaban J connectivity index is 2.11. The Morgan fingerprint density at radius 2 is 1.44 bits per heavy atom. The summed E-state index contributed by atoms with van der Waals surface area (Å²) in [7, 11) is -8.24. The fourth-order valence-corrected chi connectivity index (χ4v) is 4.57. The first kappa shape index (κ1) is 21.0. The maximum absolute atomic E-state index is 12.4. The molecule has 1 atom stereocenters. The van der Waals surface area contributed by atoms with Gasteiger partial charge in [0.1, 0.15) is 6.04 Å². The smallest absolute Gasteiger partial charge is 0.265 e. The lowest BCUT2D eigenvalue weighted by molar-refractivity contribution is -0.131. The predicted octanol–water partition coefficient (Wildman–Crippen LogP) is 0.289. The third kappa shape index (κ3) is 5.11. The minimum absolute atomic E-state index is 0.0124. The summed E-state index contributed by atoms with van der Waals surface area (Å²) in [4.78, 5) is 11.4. The third-order valence-corrected chi connectivity index (χ3v) is 6.74. The Hall–Kier alpha value is -2.31. The van der Waals surface area contributed by atoms with Crippen molar-refractivity contribution in [2.24, 2.45) is 5.73 Å². The fourth-order valence-electron chi connectivity index (χ4n) is 2.24. The minimum Gasteiger partial charge on any atom is -0.368 e. The highest BCUT2D eigenvalue weighted by Crippen LogP contribution is 2.17. The van der Waals surface area contributed by atoms with Crippen LogP contribution in [0.25, 0.3) is 0 Å². The highest BCUT2D eigenvalue weighted by Gasteiger charge is 2.34. The zero-order valence-corrected chi connectivity index (χ0v) is 15.7. The van der Waals surface area contributed by atoms with Crippen LogP contribution in [0.3, 0.4) is 0 Å². The number of rotatable bonds is 9. The van der Waals surface area contributed by atoms with E-state index in [0.29, 0.717) is 0 Å². The molecule has 0 saturated carbocycles. The molecule has 0 unspecified atom stereocenters. The molecule has 11 heteroatoms. The zero-order valence-electron chi connectivity index (χ0n) is 14.1. The van der Waals surface area contributed by atoms with Crippen LogP contribution in [0.4, 0.5) is 0 Å². The summed E-state index contributed by atoms with van der Waals surface area (Å²) in [6.45, 7) is -0.313. The van der Waals surface area contributed by atoms with Gasteiger partial charge in [-0.05, 0) is 30.7 Å². The number of benzene rings is 2. The summed E-state index contributed by atoms with van der Waals surface area (Å²) in [5.74, 6) is -1.11. The van der Waals surface area contributed by atoms with Crippen molar-refractivity contribution in [2.45, 2.75) is 22.3 Å². The Morgan fingerprint density at radius 3 is 1.93 bits per heavy atom. The van der Waals surface area contributed by atoms with Gasteiger partial charge in [0.25, 0.3) is 10.0 Å². The number of nitrogens with two attached hydrogens (primary N) is 1. The number of primary amides is 1. The summed E-state index contributed by atoms with van der Waals surface area (Å²) in [6.07, 6.45) is -0.357. The highest BCUT2D eigenvalue weighted by atomic mass is 32.2. The van der Waals surface area contributed by atoms with Crippen LogP contribution in [-0.2, 0) is 24.8 Å². The van der Waals surface area contributed by atoms with Crippen molar-refractivity contribution in [1.82, 2.24) is 9.19 Å². The summed E-state index contributed by atoms with van der Waals surface area (Å²) in [6, 6.07) is 12.8. The molecule has 4 N–H and O–H groups in total. The summed E-state index contributed by atoms with van der Waals surface area (Å²) < 4.78 is 51.2. The molecule has 9 nitrogen and oxygen atoms in total. The summed E-state index contributed by atoms with van der Waals surface area (Å²) in [5, 5.41) is 10.1. The van der Waals surface area contributed by atoms with Crippen LogP contribution in [0.2, 0.25) is 0 Å². The maximum Gasteiger partial charge on any atom is 0.265 e. The molecule has 0 spiro atoms. The van der Waals surface area contributed by atoms with E-state index in [9.17, 15) is 26.8 Å². The van der Waals surface area contributed by atoms with Gasteiger partial charge in [-0.25, -0.2) is 21.6 Å². The Labute approximate surface area is 157 Å². The number of sulfonamides is 2. The first-order valence-corrected chi connectivity index (χ1v) is 10.7. The molecule has 0 aliphatic rings. The molecule has 0 fully saturated rings. The van der Waals surface area contributed by atoms with Crippen molar-refractivity contribution in [1.29, 1.82) is 0 Å². The Kier molecular flexibility index (Phi) is 6.68. The van der Waals surface area contributed by atoms with Crippen LogP contribution in [0, 0.1) is 0 Å². The van der Waals surface area contributed by atoms with Crippen molar-refractivity contribution in [3.63, 3.8) is 0 Å². The molecule has 27 heavy (non-hydrogen) atoms. The molecule has 0 saturated heterocycles. The summed E-state index contributed by atoms with van der Waals surface area (Å²) in [5.41, 5.74) is 5.19. The molecular formula is C16H19N3O6S2. The third-order valence-electron chi connectivity index (χ3n) is 3.65. The average molecular weight is 413 g/mol. The maximum atomic E-state index is 12.4. The van der Waals surface area contributed by atoms with E-state index in [2.05, 4.69) is 4.72 Å². The van der Waals surface area contributed by atoms with Crippen molar-refractivity contribution in [2.75, 3.05) is 6.54 Å². The number of nitrogens with zero attached hydrogens (tertiary/aromatic N) is 1. The largest absolute Gasteiger partial charge is 0.368 e. The van der Waals surface area contributed by atoms with Gasteiger partial charge in [0.05, 0.1) is 9.79 Å². The molecule has 2 aromatic rings. The van der Waals surface area contributed by atoms with Gasteiger partial charge in [-0.2, -0.15) is 0 Å². The second-order valence-corrected chi connectivity index (χ2v) is 9.07. The van der Waals surface area contributed by atoms with E-state index in [1.165, 1.54) is 36.4 Å². The molecule has 146 valence electrons. The van der Waals surface area contributed by atoms with Gasteiger partial charge in [-0.3, -0.25) is 10.0 Å². The molecule has 0 radical (unpaired) electrons. The van der Waals surface area contributed by atoms with Gasteiger partial charge in [-0.15, -0.1) is 0 Å². The Morgan fingerprint density at radius 1 is 0.963 bits per heavy atom. The van der Waals surface area contributed by atoms with Gasteiger partial charge in [0.2, 0.25) is 15.9 Å². The molecule has 0 heterocycles. The first-order valence-electron chi connectivity index (χ1n) is 7.78. The van der Waals surface area contributed by atoms with E-state index in [1.807, 2.05) is 0 Å². The lowest BCUT2D eigenvalue weighted by Gasteiger charge is -2.23. The first-order chi connectivity index (χ1) is 12.7. The number of hydroxylamine groups is 1. The lowest BCUT2D eigenvalue weighted by atomic mass is 10.2. The van der Waals surface area contributed by atoms with Crippen molar-refractivity contribution < 1.29 is 26.8 Å². The number of carbonyl (C=O) groups is 1. The second-order valence-electron chi connectivity index (χ2n) is 5.51. The van der Waals surface area contributed by atoms with Gasteiger partial charge in [-0.1, -0.05) is 40.9 Å². The Bertz CT molecular complexity index is 979. The van der Waals surface area contributed by atoms with E-state index in [-0.39, 0.29) is 27.2 Å². The van der Waals surface area contributed by atoms with Gasteiger partial charge >= 0.3 is 0 Å². The molecule has 1 amide bonds. The molecule has 0 aliphatic heterocycles. The van der Waals surface area contributed by atoms with E-state index in [4.69, 9.17) is 5.73 Å². The zero-order chi connectivity index (χ0) is 20.1. The topological polar surface area (TPSA) is 147 Å². The van der Waals surface area contributed by atoms with Gasteiger partial charge in [0.15, 0.2) is 0 Å². The van der Waals surface area contributed by atoms with Gasteiger partial charge < -0.3 is 5.73 Å². The van der Waals surface area contributed by atoms with E-state index < -0.39 is 32.0 Å². The SMILES string of the molecule is NC(=O)[C@H](CCNS(=O)(=O)c1ccccc1)N(O)S(=O)(=O)c1ccccc1. The number of nitrogens with one attached hydrogen (secondary N) is 1. The quantitative estimate of drug-likeness (QED) is 0.504.